The minimum atomic E-state index is 0.192. The van der Waals surface area contributed by atoms with Crippen molar-refractivity contribution >= 4 is 17.7 Å². The zero-order valence-corrected chi connectivity index (χ0v) is 11.5. The lowest BCUT2D eigenvalue weighted by Crippen LogP contribution is -2.37. The molecule has 0 spiro atoms. The second-order valence-electron chi connectivity index (χ2n) is 4.50. The molecule has 2 aromatic rings. The van der Waals surface area contributed by atoms with Gasteiger partial charge >= 0.3 is 0 Å². The molecule has 0 fully saturated rings. The first kappa shape index (κ1) is 12.3. The fraction of sp³-hybridized carbons (Fsp3) is 0.417. The van der Waals surface area contributed by atoms with Gasteiger partial charge in [-0.3, -0.25) is 9.89 Å². The first-order chi connectivity index (χ1) is 9.28. The van der Waals surface area contributed by atoms with Crippen LogP contribution in [0.5, 0.6) is 0 Å². The first-order valence-electron chi connectivity index (χ1n) is 6.11. The van der Waals surface area contributed by atoms with Gasteiger partial charge in [0.2, 0.25) is 5.91 Å². The topological polar surface area (TPSA) is 77.7 Å². The summed E-state index contributed by atoms with van der Waals surface area (Å²) in [5, 5.41) is 6.70. The number of aromatic nitrogens is 4. The standard InChI is InChI=1S/C12H15N5OS/c1-19-7-11(18)17-3-2-9-10(6-17)16-12(15-9)8-4-13-14-5-8/h4-5H,2-3,6-7H2,1H3,(H,13,14)(H,15,16). The second kappa shape index (κ2) is 5.08. The van der Waals surface area contributed by atoms with Gasteiger partial charge in [0.1, 0.15) is 5.82 Å². The molecule has 0 aliphatic carbocycles. The number of aromatic amines is 2. The maximum atomic E-state index is 11.9. The Hall–Kier alpha value is -1.76. The van der Waals surface area contributed by atoms with Crippen molar-refractivity contribution in [3.05, 3.63) is 23.8 Å². The highest BCUT2D eigenvalue weighted by atomic mass is 32.2. The highest BCUT2D eigenvalue weighted by Crippen LogP contribution is 2.22. The lowest BCUT2D eigenvalue weighted by atomic mass is 10.1. The highest BCUT2D eigenvalue weighted by molar-refractivity contribution is 7.99. The number of imidazole rings is 1. The van der Waals surface area contributed by atoms with E-state index in [-0.39, 0.29) is 5.91 Å². The Morgan fingerprint density at radius 2 is 2.47 bits per heavy atom. The number of nitrogens with zero attached hydrogens (tertiary/aromatic N) is 3. The van der Waals surface area contributed by atoms with E-state index in [1.165, 1.54) is 0 Å². The molecule has 2 N–H and O–H groups in total. The minimum absolute atomic E-state index is 0.192. The van der Waals surface area contributed by atoms with Gasteiger partial charge < -0.3 is 9.88 Å². The van der Waals surface area contributed by atoms with Gasteiger partial charge in [-0.2, -0.15) is 16.9 Å². The Labute approximate surface area is 115 Å². The van der Waals surface area contributed by atoms with Crippen LogP contribution in [-0.4, -0.2) is 49.5 Å². The van der Waals surface area contributed by atoms with Gasteiger partial charge in [-0.25, -0.2) is 4.98 Å². The largest absolute Gasteiger partial charge is 0.340 e. The van der Waals surface area contributed by atoms with E-state index < -0.39 is 0 Å². The molecule has 0 saturated heterocycles. The fourth-order valence-corrected chi connectivity index (χ4v) is 2.67. The molecule has 0 unspecified atom stereocenters. The lowest BCUT2D eigenvalue weighted by molar-refractivity contribution is -0.129. The molecule has 2 aromatic heterocycles. The SMILES string of the molecule is CSCC(=O)N1CCc2nc(-c3cn[nH]c3)[nH]c2C1. The molecule has 1 amide bonds. The summed E-state index contributed by atoms with van der Waals surface area (Å²) < 4.78 is 0. The molecule has 7 heteroatoms. The summed E-state index contributed by atoms with van der Waals surface area (Å²) in [5.74, 6) is 1.55. The van der Waals surface area contributed by atoms with E-state index in [9.17, 15) is 4.79 Å². The number of hydrogen-bond acceptors (Lipinski definition) is 4. The summed E-state index contributed by atoms with van der Waals surface area (Å²) >= 11 is 1.56. The zero-order chi connectivity index (χ0) is 13.2. The second-order valence-corrected chi connectivity index (χ2v) is 5.36. The third-order valence-corrected chi connectivity index (χ3v) is 3.76. The van der Waals surface area contributed by atoms with Gasteiger partial charge in [0, 0.05) is 19.2 Å². The van der Waals surface area contributed by atoms with E-state index in [0.717, 1.165) is 35.7 Å². The predicted molar refractivity (Wildman–Crippen MR) is 73.7 cm³/mol. The van der Waals surface area contributed by atoms with E-state index in [0.29, 0.717) is 12.3 Å². The summed E-state index contributed by atoms with van der Waals surface area (Å²) in [6, 6.07) is 0. The Morgan fingerprint density at radius 3 is 3.21 bits per heavy atom. The van der Waals surface area contributed by atoms with Crippen molar-refractivity contribution in [1.29, 1.82) is 0 Å². The van der Waals surface area contributed by atoms with Crippen molar-refractivity contribution in [2.75, 3.05) is 18.6 Å². The van der Waals surface area contributed by atoms with E-state index in [2.05, 4.69) is 20.2 Å². The molecule has 3 rings (SSSR count). The normalized spacial score (nSPS) is 14.5. The van der Waals surface area contributed by atoms with Crippen LogP contribution in [0.4, 0.5) is 0 Å². The van der Waals surface area contributed by atoms with Crippen molar-refractivity contribution in [3.8, 4) is 11.4 Å². The first-order valence-corrected chi connectivity index (χ1v) is 7.51. The summed E-state index contributed by atoms with van der Waals surface area (Å²) in [4.78, 5) is 21.6. The molecule has 0 bridgehead atoms. The van der Waals surface area contributed by atoms with Crippen LogP contribution in [-0.2, 0) is 17.8 Å². The molecule has 0 aromatic carbocycles. The van der Waals surface area contributed by atoms with Gasteiger partial charge in [-0.05, 0) is 6.26 Å². The Kier molecular flexibility index (Phi) is 3.29. The number of fused-ring (bicyclic) bond motifs is 1. The van der Waals surface area contributed by atoms with E-state index in [1.54, 1.807) is 24.2 Å². The van der Waals surface area contributed by atoms with Crippen molar-refractivity contribution < 1.29 is 4.79 Å². The summed E-state index contributed by atoms with van der Waals surface area (Å²) in [6.07, 6.45) is 6.30. The van der Waals surface area contributed by atoms with Gasteiger partial charge in [0.05, 0.1) is 35.4 Å². The van der Waals surface area contributed by atoms with Crippen LogP contribution in [0.2, 0.25) is 0 Å². The zero-order valence-electron chi connectivity index (χ0n) is 10.6. The Bertz CT molecular complexity index is 577. The number of thioether (sulfide) groups is 1. The molecule has 6 nitrogen and oxygen atoms in total. The van der Waals surface area contributed by atoms with E-state index in [1.807, 2.05) is 11.2 Å². The summed E-state index contributed by atoms with van der Waals surface area (Å²) in [7, 11) is 0. The molecule has 0 radical (unpaired) electrons. The number of rotatable bonds is 3. The average molecular weight is 277 g/mol. The molecule has 1 aliphatic heterocycles. The average Bonchev–Trinajstić information content (AvgIpc) is 3.07. The van der Waals surface area contributed by atoms with Gasteiger partial charge in [0.15, 0.2) is 0 Å². The quantitative estimate of drug-likeness (QED) is 0.879. The van der Waals surface area contributed by atoms with Crippen LogP contribution in [0.3, 0.4) is 0 Å². The lowest BCUT2D eigenvalue weighted by Gasteiger charge is -2.25. The monoisotopic (exact) mass is 277 g/mol. The van der Waals surface area contributed by atoms with Gasteiger partial charge in [-0.15, -0.1) is 0 Å². The molecular weight excluding hydrogens is 262 g/mol. The third-order valence-electron chi connectivity index (χ3n) is 3.22. The van der Waals surface area contributed by atoms with Crippen LogP contribution in [0.15, 0.2) is 12.4 Å². The maximum absolute atomic E-state index is 11.9. The Balaban J connectivity index is 1.80. The van der Waals surface area contributed by atoms with Crippen molar-refractivity contribution in [2.45, 2.75) is 13.0 Å². The number of nitrogens with one attached hydrogen (secondary N) is 2. The van der Waals surface area contributed by atoms with E-state index in [4.69, 9.17) is 0 Å². The van der Waals surface area contributed by atoms with Gasteiger partial charge in [0.25, 0.3) is 0 Å². The third kappa shape index (κ3) is 2.37. The molecular formula is C12H15N5OS. The highest BCUT2D eigenvalue weighted by Gasteiger charge is 2.23. The molecule has 0 atom stereocenters. The van der Waals surface area contributed by atoms with Crippen molar-refractivity contribution in [3.63, 3.8) is 0 Å². The van der Waals surface area contributed by atoms with Crippen LogP contribution in [0, 0.1) is 0 Å². The number of carbonyl (C=O) groups excluding carboxylic acids is 1. The number of hydrogen-bond donors (Lipinski definition) is 2. The molecule has 0 saturated carbocycles. The number of carbonyl (C=O) groups is 1. The van der Waals surface area contributed by atoms with Gasteiger partial charge in [-0.1, -0.05) is 0 Å². The minimum Gasteiger partial charge on any atom is -0.340 e. The predicted octanol–water partition coefficient (Wildman–Crippen LogP) is 1.05. The molecule has 100 valence electrons. The molecule has 19 heavy (non-hydrogen) atoms. The van der Waals surface area contributed by atoms with E-state index >= 15 is 0 Å². The summed E-state index contributed by atoms with van der Waals surface area (Å²) in [5.41, 5.74) is 3.04. The maximum Gasteiger partial charge on any atom is 0.232 e. The van der Waals surface area contributed by atoms with Crippen LogP contribution in [0.1, 0.15) is 11.4 Å². The van der Waals surface area contributed by atoms with Crippen LogP contribution < -0.4 is 0 Å². The summed E-state index contributed by atoms with van der Waals surface area (Å²) in [6.45, 7) is 1.38. The fourth-order valence-electron chi connectivity index (χ4n) is 2.24. The number of H-pyrrole nitrogens is 2. The van der Waals surface area contributed by atoms with Crippen molar-refractivity contribution in [1.82, 2.24) is 25.1 Å². The Morgan fingerprint density at radius 1 is 1.58 bits per heavy atom. The number of amides is 1. The van der Waals surface area contributed by atoms with Crippen LogP contribution >= 0.6 is 11.8 Å². The molecule has 3 heterocycles. The molecule has 1 aliphatic rings. The van der Waals surface area contributed by atoms with Crippen molar-refractivity contribution in [2.24, 2.45) is 0 Å². The smallest absolute Gasteiger partial charge is 0.232 e. The van der Waals surface area contributed by atoms with Crippen LogP contribution in [0.25, 0.3) is 11.4 Å².